The molecule has 0 amide bonds. The van der Waals surface area contributed by atoms with Gasteiger partial charge in [0.1, 0.15) is 6.26 Å². The Morgan fingerprint density at radius 1 is 1.14 bits per heavy atom. The van der Waals surface area contributed by atoms with Crippen LogP contribution in [0.4, 0.5) is 13.2 Å². The van der Waals surface area contributed by atoms with E-state index < -0.39 is 15.6 Å². The molecule has 2 rings (SSSR count). The Morgan fingerprint density at radius 3 is 2.59 bits per heavy atom. The number of para-hydroxylation sites is 1. The van der Waals surface area contributed by atoms with E-state index >= 15 is 0 Å². The molecule has 1 heterocycles. The lowest BCUT2D eigenvalue weighted by atomic mass is 10.1. The molecule has 0 aliphatic rings. The van der Waals surface area contributed by atoms with Crippen molar-refractivity contribution in [3.8, 4) is 0 Å². The van der Waals surface area contributed by atoms with Gasteiger partial charge in [-0.3, -0.25) is 4.98 Å². The van der Waals surface area contributed by atoms with Crippen molar-refractivity contribution in [2.75, 3.05) is 0 Å². The van der Waals surface area contributed by atoms with E-state index in [-0.39, 0.29) is 0 Å². The third kappa shape index (κ3) is 3.97. The van der Waals surface area contributed by atoms with Crippen LogP contribution in [0.1, 0.15) is 12.1 Å². The zero-order valence-corrected chi connectivity index (χ0v) is 12.1. The largest absolute Gasteiger partial charge is 0.534 e. The van der Waals surface area contributed by atoms with E-state index in [1.807, 2.05) is 36.4 Å². The Bertz CT molecular complexity index is 785. The highest BCUT2D eigenvalue weighted by molar-refractivity contribution is 7.87. The number of allylic oxidation sites excluding steroid dienone is 1. The van der Waals surface area contributed by atoms with Crippen LogP contribution in [0, 0.1) is 0 Å². The monoisotopic (exact) mass is 331 g/mol. The van der Waals surface area contributed by atoms with Crippen molar-refractivity contribution >= 4 is 21.0 Å². The molecular weight excluding hydrogens is 319 g/mol. The minimum Gasteiger partial charge on any atom is -0.384 e. The van der Waals surface area contributed by atoms with Crippen molar-refractivity contribution < 1.29 is 25.8 Å². The van der Waals surface area contributed by atoms with E-state index in [4.69, 9.17) is 0 Å². The number of rotatable bonds is 5. The molecule has 0 aliphatic carbocycles. The molecular formula is C14H12F3NO3S. The number of benzene rings is 1. The van der Waals surface area contributed by atoms with Crippen molar-refractivity contribution in [1.82, 2.24) is 4.98 Å². The highest BCUT2D eigenvalue weighted by Gasteiger charge is 2.47. The Morgan fingerprint density at radius 2 is 1.86 bits per heavy atom. The molecule has 0 bridgehead atoms. The van der Waals surface area contributed by atoms with Gasteiger partial charge in [0.05, 0.1) is 5.52 Å². The van der Waals surface area contributed by atoms with Gasteiger partial charge in [-0.25, -0.2) is 0 Å². The summed E-state index contributed by atoms with van der Waals surface area (Å²) in [5.74, 6) is 0. The SMILES string of the molecule is O=S(=O)(OC=CCCc1ccc2ccccc2n1)C(F)(F)F. The van der Waals surface area contributed by atoms with Crippen LogP contribution in [0.3, 0.4) is 0 Å². The summed E-state index contributed by atoms with van der Waals surface area (Å²) in [7, 11) is -5.57. The van der Waals surface area contributed by atoms with Gasteiger partial charge in [-0.15, -0.1) is 0 Å². The Balaban J connectivity index is 1.91. The Kier molecular flexibility index (Phi) is 4.70. The minimum atomic E-state index is -5.57. The van der Waals surface area contributed by atoms with E-state index in [9.17, 15) is 21.6 Å². The highest BCUT2D eigenvalue weighted by atomic mass is 32.2. The van der Waals surface area contributed by atoms with Crippen molar-refractivity contribution in [1.29, 1.82) is 0 Å². The third-order valence-corrected chi connectivity index (χ3v) is 3.72. The normalized spacial score (nSPS) is 12.9. The van der Waals surface area contributed by atoms with Crippen LogP contribution in [-0.4, -0.2) is 18.9 Å². The van der Waals surface area contributed by atoms with Crippen LogP contribution in [0.25, 0.3) is 10.9 Å². The second-order valence-corrected chi connectivity index (χ2v) is 5.97. The van der Waals surface area contributed by atoms with Gasteiger partial charge in [-0.2, -0.15) is 21.6 Å². The minimum absolute atomic E-state index is 0.304. The molecule has 0 radical (unpaired) electrons. The molecule has 0 N–H and O–H groups in total. The predicted octanol–water partition coefficient (Wildman–Crippen LogP) is 3.55. The molecule has 0 saturated heterocycles. The van der Waals surface area contributed by atoms with Gasteiger partial charge in [0.25, 0.3) is 0 Å². The molecule has 1 aromatic heterocycles. The van der Waals surface area contributed by atoms with Crippen LogP contribution in [-0.2, 0) is 20.7 Å². The van der Waals surface area contributed by atoms with Crippen LogP contribution in [0.5, 0.6) is 0 Å². The van der Waals surface area contributed by atoms with Gasteiger partial charge in [-0.1, -0.05) is 24.3 Å². The maximum atomic E-state index is 12.0. The fraction of sp³-hybridized carbons (Fsp3) is 0.214. The van der Waals surface area contributed by atoms with E-state index in [1.54, 1.807) is 0 Å². The van der Waals surface area contributed by atoms with E-state index in [1.165, 1.54) is 6.08 Å². The molecule has 4 nitrogen and oxygen atoms in total. The van der Waals surface area contributed by atoms with Gasteiger partial charge in [-0.05, 0) is 31.1 Å². The fourth-order valence-electron chi connectivity index (χ4n) is 1.71. The molecule has 0 spiro atoms. The number of fused-ring (bicyclic) bond motifs is 1. The number of aryl methyl sites for hydroxylation is 1. The zero-order chi connectivity index (χ0) is 16.2. The summed E-state index contributed by atoms with van der Waals surface area (Å²) < 4.78 is 61.0. The lowest BCUT2D eigenvalue weighted by molar-refractivity contribution is -0.0515. The van der Waals surface area contributed by atoms with Gasteiger partial charge in [0, 0.05) is 11.1 Å². The number of nitrogens with zero attached hydrogens (tertiary/aromatic N) is 1. The van der Waals surface area contributed by atoms with E-state index in [0.29, 0.717) is 19.1 Å². The number of halogens is 3. The van der Waals surface area contributed by atoms with Crippen LogP contribution in [0.15, 0.2) is 48.7 Å². The topological polar surface area (TPSA) is 56.3 Å². The lowest BCUT2D eigenvalue weighted by Crippen LogP contribution is -2.23. The highest BCUT2D eigenvalue weighted by Crippen LogP contribution is 2.24. The number of hydrogen-bond acceptors (Lipinski definition) is 4. The number of aromatic nitrogens is 1. The summed E-state index contributed by atoms with van der Waals surface area (Å²) in [4.78, 5) is 4.39. The predicted molar refractivity (Wildman–Crippen MR) is 75.3 cm³/mol. The Labute approximate surface area is 125 Å². The van der Waals surface area contributed by atoms with Crippen molar-refractivity contribution in [3.63, 3.8) is 0 Å². The number of alkyl halides is 3. The standard InChI is InChI=1S/C14H12F3NO3S/c15-14(16,17)22(19,20)21-10-4-3-6-12-9-8-11-5-1-2-7-13(11)18-12/h1-2,4-5,7-10H,3,6H2. The molecule has 0 fully saturated rings. The number of hydrogen-bond donors (Lipinski definition) is 0. The van der Waals surface area contributed by atoms with Gasteiger partial charge < -0.3 is 4.18 Å². The second-order valence-electron chi connectivity index (χ2n) is 4.40. The zero-order valence-electron chi connectivity index (χ0n) is 11.2. The quantitative estimate of drug-likeness (QED) is 0.478. The maximum Gasteiger partial charge on any atom is 0.534 e. The average molecular weight is 331 g/mol. The van der Waals surface area contributed by atoms with E-state index in [2.05, 4.69) is 9.17 Å². The van der Waals surface area contributed by atoms with E-state index in [0.717, 1.165) is 16.6 Å². The summed E-state index contributed by atoms with van der Waals surface area (Å²) in [6, 6.07) is 11.2. The first-order valence-electron chi connectivity index (χ1n) is 6.29. The van der Waals surface area contributed by atoms with Crippen molar-refractivity contribution in [2.24, 2.45) is 0 Å². The van der Waals surface area contributed by atoms with Gasteiger partial charge >= 0.3 is 15.6 Å². The average Bonchev–Trinajstić information content (AvgIpc) is 2.45. The molecule has 22 heavy (non-hydrogen) atoms. The van der Waals surface area contributed by atoms with Gasteiger partial charge in [0.2, 0.25) is 0 Å². The fourth-order valence-corrected chi connectivity index (χ4v) is 2.05. The first-order valence-corrected chi connectivity index (χ1v) is 7.70. The molecule has 2 aromatic rings. The summed E-state index contributed by atoms with van der Waals surface area (Å²) >= 11 is 0. The van der Waals surface area contributed by atoms with Crippen LogP contribution in [0.2, 0.25) is 0 Å². The first kappa shape index (κ1) is 16.3. The van der Waals surface area contributed by atoms with Crippen LogP contribution < -0.4 is 0 Å². The molecule has 0 unspecified atom stereocenters. The van der Waals surface area contributed by atoms with Gasteiger partial charge in [0.15, 0.2) is 0 Å². The molecule has 0 saturated carbocycles. The maximum absolute atomic E-state index is 12.0. The van der Waals surface area contributed by atoms with Crippen molar-refractivity contribution in [2.45, 2.75) is 18.3 Å². The summed E-state index contributed by atoms with van der Waals surface area (Å²) in [5, 5.41) is 0.987. The molecule has 118 valence electrons. The molecule has 1 aromatic carbocycles. The molecule has 0 aliphatic heterocycles. The second kappa shape index (κ2) is 6.35. The molecule has 0 atom stereocenters. The Hall–Kier alpha value is -2.09. The smallest absolute Gasteiger partial charge is 0.384 e. The first-order chi connectivity index (χ1) is 10.3. The third-order valence-electron chi connectivity index (χ3n) is 2.79. The summed E-state index contributed by atoms with van der Waals surface area (Å²) in [6.45, 7) is 0. The van der Waals surface area contributed by atoms with Crippen molar-refractivity contribution in [3.05, 3.63) is 54.4 Å². The summed E-state index contributed by atoms with van der Waals surface area (Å²) in [6.07, 6.45) is 2.50. The molecule has 8 heteroatoms. The van der Waals surface area contributed by atoms with Crippen LogP contribution >= 0.6 is 0 Å². The number of pyridine rings is 1. The summed E-state index contributed by atoms with van der Waals surface area (Å²) in [5.41, 5.74) is -3.85. The lowest BCUT2D eigenvalue weighted by Gasteiger charge is -2.05.